The molecule has 1 heterocycles. The molecule has 0 unspecified atom stereocenters. The number of amides is 1. The highest BCUT2D eigenvalue weighted by Crippen LogP contribution is 2.26. The van der Waals surface area contributed by atoms with Crippen LogP contribution < -0.4 is 15.4 Å². The largest absolute Gasteiger partial charge is 0.496 e. The van der Waals surface area contributed by atoms with Gasteiger partial charge in [0, 0.05) is 31.1 Å². The van der Waals surface area contributed by atoms with Gasteiger partial charge in [-0.25, -0.2) is 4.39 Å². The molecule has 0 radical (unpaired) electrons. The Morgan fingerprint density at radius 3 is 2.79 bits per heavy atom. The first-order chi connectivity index (χ1) is 13.5. The zero-order valence-electron chi connectivity index (χ0n) is 16.7. The molecule has 2 aromatic carbocycles. The average Bonchev–Trinajstić information content (AvgIpc) is 2.66. The highest BCUT2D eigenvalue weighted by molar-refractivity contribution is 5.77. The molecule has 1 aliphatic heterocycles. The van der Waals surface area contributed by atoms with Crippen molar-refractivity contribution in [1.82, 2.24) is 15.5 Å². The lowest BCUT2D eigenvalue weighted by molar-refractivity contribution is -0.123. The summed E-state index contributed by atoms with van der Waals surface area (Å²) < 4.78 is 19.1. The third-order valence-electron chi connectivity index (χ3n) is 5.01. The summed E-state index contributed by atoms with van der Waals surface area (Å²) in [5.41, 5.74) is 3.06. The van der Waals surface area contributed by atoms with Crippen molar-refractivity contribution in [3.05, 3.63) is 65.0 Å². The summed E-state index contributed by atoms with van der Waals surface area (Å²) in [5, 5.41) is 6.56. The fourth-order valence-electron chi connectivity index (χ4n) is 3.69. The maximum atomic E-state index is 13.7. The van der Waals surface area contributed by atoms with E-state index in [2.05, 4.69) is 21.6 Å². The first kappa shape index (κ1) is 20.3. The predicted octanol–water partition coefficient (Wildman–Crippen LogP) is 3.01. The second-order valence-electron chi connectivity index (χ2n) is 7.51. The Bertz CT molecular complexity index is 825. The lowest BCUT2D eigenvalue weighted by atomic mass is 9.91. The van der Waals surface area contributed by atoms with Crippen LogP contribution in [0.25, 0.3) is 0 Å². The Kier molecular flexibility index (Phi) is 6.65. The van der Waals surface area contributed by atoms with Crippen LogP contribution in [0.3, 0.4) is 0 Å². The Labute approximate surface area is 165 Å². The fraction of sp³-hybridized carbons (Fsp3) is 0.409. The van der Waals surface area contributed by atoms with E-state index in [9.17, 15) is 9.18 Å². The Balaban J connectivity index is 1.73. The molecule has 0 saturated carbocycles. The van der Waals surface area contributed by atoms with Gasteiger partial charge >= 0.3 is 0 Å². The van der Waals surface area contributed by atoms with Crippen molar-refractivity contribution < 1.29 is 13.9 Å². The van der Waals surface area contributed by atoms with Gasteiger partial charge in [-0.05, 0) is 55.9 Å². The summed E-state index contributed by atoms with van der Waals surface area (Å²) in [6, 6.07) is 12.4. The number of nitrogens with one attached hydrogen (secondary N) is 2. The minimum absolute atomic E-state index is 0.00466. The quantitative estimate of drug-likeness (QED) is 0.769. The molecular formula is C22H28FN3O2. The van der Waals surface area contributed by atoms with Crippen LogP contribution in [0, 0.1) is 5.82 Å². The van der Waals surface area contributed by atoms with Gasteiger partial charge in [0.1, 0.15) is 11.6 Å². The lowest BCUT2D eigenvalue weighted by Gasteiger charge is -2.33. The van der Waals surface area contributed by atoms with Crippen molar-refractivity contribution in [3.63, 3.8) is 0 Å². The van der Waals surface area contributed by atoms with Crippen LogP contribution in [0.1, 0.15) is 35.6 Å². The number of carbonyl (C=O) groups excluding carboxylic acids is 1. The maximum Gasteiger partial charge on any atom is 0.220 e. The Hall–Kier alpha value is -2.44. The first-order valence-corrected chi connectivity index (χ1v) is 9.55. The normalized spacial score (nSPS) is 19.5. The standard InChI is InChI=1S/C22H28FN3O2/c1-26(2)14-17-11-15(7-9-20(17)28-3)13-24-19-8-10-21(27)25-22(19)16-5-4-6-18(23)12-16/h4-7,9,11-12,19,22,24H,8,10,13-14H2,1-3H3,(H,25,27)/t19-,22+/m1/s1. The number of hydrogen-bond acceptors (Lipinski definition) is 4. The molecule has 0 spiro atoms. The van der Waals surface area contributed by atoms with E-state index in [1.165, 1.54) is 12.1 Å². The van der Waals surface area contributed by atoms with E-state index in [4.69, 9.17) is 4.74 Å². The minimum atomic E-state index is -0.292. The first-order valence-electron chi connectivity index (χ1n) is 9.55. The Morgan fingerprint density at radius 1 is 1.25 bits per heavy atom. The highest BCUT2D eigenvalue weighted by Gasteiger charge is 2.29. The van der Waals surface area contributed by atoms with Gasteiger partial charge in [0.2, 0.25) is 5.91 Å². The van der Waals surface area contributed by atoms with Gasteiger partial charge in [0.15, 0.2) is 0 Å². The number of benzene rings is 2. The van der Waals surface area contributed by atoms with Gasteiger partial charge in [-0.2, -0.15) is 0 Å². The number of hydrogen-bond donors (Lipinski definition) is 2. The molecule has 0 aromatic heterocycles. The molecule has 1 aliphatic rings. The molecule has 2 aromatic rings. The van der Waals surface area contributed by atoms with E-state index in [1.807, 2.05) is 32.3 Å². The molecule has 28 heavy (non-hydrogen) atoms. The number of methoxy groups -OCH3 is 1. The molecule has 5 nitrogen and oxygen atoms in total. The minimum Gasteiger partial charge on any atom is -0.496 e. The number of nitrogens with zero attached hydrogens (tertiary/aromatic N) is 1. The van der Waals surface area contributed by atoms with E-state index in [0.717, 1.165) is 29.0 Å². The summed E-state index contributed by atoms with van der Waals surface area (Å²) in [5.74, 6) is 0.588. The molecule has 6 heteroatoms. The van der Waals surface area contributed by atoms with Crippen LogP contribution in [0.5, 0.6) is 5.75 Å². The van der Waals surface area contributed by atoms with Gasteiger partial charge in [-0.15, -0.1) is 0 Å². The number of carbonyl (C=O) groups is 1. The fourth-order valence-corrected chi connectivity index (χ4v) is 3.69. The Morgan fingerprint density at radius 2 is 2.07 bits per heavy atom. The van der Waals surface area contributed by atoms with Gasteiger partial charge in [-0.1, -0.05) is 18.2 Å². The highest BCUT2D eigenvalue weighted by atomic mass is 19.1. The third kappa shape index (κ3) is 5.09. The second kappa shape index (κ2) is 9.17. The summed E-state index contributed by atoms with van der Waals surface area (Å²) in [4.78, 5) is 14.0. The van der Waals surface area contributed by atoms with Crippen LogP contribution >= 0.6 is 0 Å². The summed E-state index contributed by atoms with van der Waals surface area (Å²) in [6.45, 7) is 1.46. The SMILES string of the molecule is COc1ccc(CN[C@@H]2CCC(=O)N[C@H]2c2cccc(F)c2)cc1CN(C)C. The summed E-state index contributed by atoms with van der Waals surface area (Å²) in [6.07, 6.45) is 1.19. The number of piperidine rings is 1. The van der Waals surface area contributed by atoms with Gasteiger partial charge < -0.3 is 20.3 Å². The number of halogens is 1. The molecule has 1 amide bonds. The smallest absolute Gasteiger partial charge is 0.220 e. The maximum absolute atomic E-state index is 13.7. The van der Waals surface area contributed by atoms with E-state index >= 15 is 0 Å². The van der Waals surface area contributed by atoms with Gasteiger partial charge in [0.25, 0.3) is 0 Å². The molecule has 3 rings (SSSR count). The predicted molar refractivity (Wildman–Crippen MR) is 108 cm³/mol. The van der Waals surface area contributed by atoms with E-state index in [0.29, 0.717) is 19.4 Å². The van der Waals surface area contributed by atoms with E-state index in [1.54, 1.807) is 13.2 Å². The zero-order chi connectivity index (χ0) is 20.1. The van der Waals surface area contributed by atoms with Crippen LogP contribution in [0.4, 0.5) is 4.39 Å². The molecule has 2 N–H and O–H groups in total. The number of rotatable bonds is 7. The molecular weight excluding hydrogens is 357 g/mol. The van der Waals surface area contributed by atoms with Crippen LogP contribution in [-0.4, -0.2) is 38.1 Å². The molecule has 0 aliphatic carbocycles. The van der Waals surface area contributed by atoms with Gasteiger partial charge in [0.05, 0.1) is 13.2 Å². The molecule has 1 fully saturated rings. The van der Waals surface area contributed by atoms with E-state index < -0.39 is 0 Å². The van der Waals surface area contributed by atoms with Crippen LogP contribution in [0.2, 0.25) is 0 Å². The molecule has 1 saturated heterocycles. The van der Waals surface area contributed by atoms with Crippen molar-refractivity contribution in [2.45, 2.75) is 38.0 Å². The van der Waals surface area contributed by atoms with Crippen molar-refractivity contribution in [2.24, 2.45) is 0 Å². The van der Waals surface area contributed by atoms with Gasteiger partial charge in [-0.3, -0.25) is 4.79 Å². The second-order valence-corrected chi connectivity index (χ2v) is 7.51. The monoisotopic (exact) mass is 385 g/mol. The number of ether oxygens (including phenoxy) is 1. The molecule has 0 bridgehead atoms. The third-order valence-corrected chi connectivity index (χ3v) is 5.01. The van der Waals surface area contributed by atoms with Crippen LogP contribution in [0.15, 0.2) is 42.5 Å². The summed E-state index contributed by atoms with van der Waals surface area (Å²) >= 11 is 0. The molecule has 2 atom stereocenters. The molecule has 150 valence electrons. The average molecular weight is 385 g/mol. The van der Waals surface area contributed by atoms with Crippen molar-refractivity contribution >= 4 is 5.91 Å². The zero-order valence-corrected chi connectivity index (χ0v) is 16.7. The lowest BCUT2D eigenvalue weighted by Crippen LogP contribution is -2.48. The van der Waals surface area contributed by atoms with Crippen molar-refractivity contribution in [3.8, 4) is 5.75 Å². The topological polar surface area (TPSA) is 53.6 Å². The van der Waals surface area contributed by atoms with E-state index in [-0.39, 0.29) is 23.8 Å². The van der Waals surface area contributed by atoms with Crippen molar-refractivity contribution in [2.75, 3.05) is 21.2 Å². The van der Waals surface area contributed by atoms with Crippen molar-refractivity contribution in [1.29, 1.82) is 0 Å². The van der Waals surface area contributed by atoms with Crippen LogP contribution in [-0.2, 0) is 17.9 Å². The summed E-state index contributed by atoms with van der Waals surface area (Å²) in [7, 11) is 5.73.